The third-order valence-electron chi connectivity index (χ3n) is 5.75. The van der Waals surface area contributed by atoms with Gasteiger partial charge in [0.1, 0.15) is 16.9 Å². The molecule has 194 valence electrons. The number of likely N-dealkylation sites (N-methyl/N-ethyl adjacent to an activating group) is 1. The van der Waals surface area contributed by atoms with Gasteiger partial charge in [-0.1, -0.05) is 30.3 Å². The van der Waals surface area contributed by atoms with Crippen LogP contribution in [0.5, 0.6) is 5.75 Å². The molecular weight excluding hydrogens is 456 g/mol. The Labute approximate surface area is 214 Å². The first kappa shape index (κ1) is 27.3. The van der Waals surface area contributed by atoms with E-state index in [9.17, 15) is 9.59 Å². The van der Waals surface area contributed by atoms with Crippen LogP contribution in [0, 0.1) is 0 Å². The first-order chi connectivity index (χ1) is 17.1. The normalized spacial score (nSPS) is 13.7. The summed E-state index contributed by atoms with van der Waals surface area (Å²) < 4.78 is 16.3. The Morgan fingerprint density at radius 3 is 2.44 bits per heavy atom. The van der Waals surface area contributed by atoms with Crippen LogP contribution in [-0.4, -0.2) is 61.1 Å². The van der Waals surface area contributed by atoms with Crippen molar-refractivity contribution in [1.82, 2.24) is 9.80 Å². The quantitative estimate of drug-likeness (QED) is 0.427. The van der Waals surface area contributed by atoms with Crippen molar-refractivity contribution in [3.05, 3.63) is 65.9 Å². The number of rotatable bonds is 7. The number of ether oxygens (including phenoxy) is 2. The number of amides is 1. The van der Waals surface area contributed by atoms with E-state index >= 15 is 0 Å². The summed E-state index contributed by atoms with van der Waals surface area (Å²) in [6, 6.07) is 15.0. The van der Waals surface area contributed by atoms with E-state index in [1.54, 1.807) is 24.3 Å². The number of esters is 1. The van der Waals surface area contributed by atoms with E-state index in [0.717, 1.165) is 22.1 Å². The summed E-state index contributed by atoms with van der Waals surface area (Å²) in [5, 5.41) is 0.955. The summed E-state index contributed by atoms with van der Waals surface area (Å²) in [6.45, 7) is 8.33. The van der Waals surface area contributed by atoms with E-state index in [1.165, 1.54) is 25.9 Å². The number of carbonyl (C=O) groups excluding carboxylic acids is 2. The van der Waals surface area contributed by atoms with Gasteiger partial charge in [0.15, 0.2) is 6.61 Å². The number of hydrogen-bond acceptors (Lipinski definition) is 6. The lowest BCUT2D eigenvalue weighted by molar-refractivity contribution is -0.157. The van der Waals surface area contributed by atoms with E-state index in [-0.39, 0.29) is 18.9 Å². The van der Waals surface area contributed by atoms with Gasteiger partial charge in [-0.15, -0.1) is 0 Å². The van der Waals surface area contributed by atoms with Crippen molar-refractivity contribution in [3.8, 4) is 5.75 Å². The van der Waals surface area contributed by atoms with Gasteiger partial charge in [-0.2, -0.15) is 0 Å². The van der Waals surface area contributed by atoms with Crippen molar-refractivity contribution in [2.24, 2.45) is 0 Å². The van der Waals surface area contributed by atoms with Crippen LogP contribution in [0.1, 0.15) is 44.7 Å². The second-order valence-electron chi connectivity index (χ2n) is 10.2. The topological polar surface area (TPSA) is 72.2 Å². The maximum Gasteiger partial charge on any atom is 0.344 e. The Morgan fingerprint density at radius 1 is 1.06 bits per heavy atom. The van der Waals surface area contributed by atoms with Crippen molar-refractivity contribution in [1.29, 1.82) is 0 Å². The van der Waals surface area contributed by atoms with Crippen LogP contribution in [0.2, 0.25) is 0 Å². The molecular formula is C29H38N2O5. The minimum Gasteiger partial charge on any atom is -0.482 e. The highest BCUT2D eigenvalue weighted by molar-refractivity contribution is 5.87. The van der Waals surface area contributed by atoms with Gasteiger partial charge in [0.25, 0.3) is 0 Å². The lowest BCUT2D eigenvalue weighted by atomic mass is 10.1. The van der Waals surface area contributed by atoms with Gasteiger partial charge in [0.2, 0.25) is 5.91 Å². The van der Waals surface area contributed by atoms with Gasteiger partial charge in [-0.25, -0.2) is 4.79 Å². The molecule has 1 aliphatic heterocycles. The number of nitrogens with zero attached hydrogens (tertiary/aromatic N) is 2. The molecule has 0 atom stereocenters. The molecule has 2 heterocycles. The lowest BCUT2D eigenvalue weighted by Gasteiger charge is -2.20. The standard InChI is InChI=1S/C24H27NO5.C5H11N/c1-24(2,3)30-23(27)16-28-19-9-7-8-17(12-19)14-25(4)22(26)13-18-15-29-21-11-6-5-10-20(18)21;1-6-4-2-3-5-6/h5-12,15H,13-14,16H2,1-4H3;2-5H2,1H3. The van der Waals surface area contributed by atoms with Crippen LogP contribution in [0.25, 0.3) is 11.0 Å². The van der Waals surface area contributed by atoms with Gasteiger partial charge in [-0.05, 0) is 77.5 Å². The molecule has 2 aromatic carbocycles. The van der Waals surface area contributed by atoms with E-state index in [0.29, 0.717) is 12.3 Å². The molecule has 36 heavy (non-hydrogen) atoms. The smallest absolute Gasteiger partial charge is 0.344 e. The Kier molecular flexibility index (Phi) is 9.53. The van der Waals surface area contributed by atoms with Crippen LogP contribution >= 0.6 is 0 Å². The van der Waals surface area contributed by atoms with Crippen LogP contribution < -0.4 is 4.74 Å². The van der Waals surface area contributed by atoms with E-state index in [2.05, 4.69) is 11.9 Å². The summed E-state index contributed by atoms with van der Waals surface area (Å²) in [7, 11) is 3.94. The Hall–Kier alpha value is -3.32. The number of carbonyl (C=O) groups is 2. The monoisotopic (exact) mass is 494 g/mol. The Morgan fingerprint density at radius 2 is 1.78 bits per heavy atom. The second-order valence-corrected chi connectivity index (χ2v) is 10.2. The number of benzene rings is 2. The minimum absolute atomic E-state index is 0.0124. The first-order valence-corrected chi connectivity index (χ1v) is 12.4. The lowest BCUT2D eigenvalue weighted by Crippen LogP contribution is -2.28. The number of furan rings is 1. The maximum absolute atomic E-state index is 12.7. The average molecular weight is 495 g/mol. The summed E-state index contributed by atoms with van der Waals surface area (Å²) in [6.07, 6.45) is 4.73. The van der Waals surface area contributed by atoms with Crippen molar-refractivity contribution >= 4 is 22.8 Å². The first-order valence-electron chi connectivity index (χ1n) is 12.4. The van der Waals surface area contributed by atoms with Crippen molar-refractivity contribution in [2.75, 3.05) is 33.8 Å². The fourth-order valence-corrected chi connectivity index (χ4v) is 3.95. The molecule has 0 radical (unpaired) electrons. The zero-order valence-corrected chi connectivity index (χ0v) is 22.1. The molecule has 7 heteroatoms. The maximum atomic E-state index is 12.7. The van der Waals surface area contributed by atoms with Gasteiger partial charge >= 0.3 is 5.97 Å². The molecule has 0 N–H and O–H groups in total. The molecule has 0 bridgehead atoms. The number of likely N-dealkylation sites (tertiary alicyclic amines) is 1. The fraction of sp³-hybridized carbons (Fsp3) is 0.448. The molecule has 3 aromatic rings. The third-order valence-corrected chi connectivity index (χ3v) is 5.75. The number of fused-ring (bicyclic) bond motifs is 1. The SMILES string of the molecule is CN(Cc1cccc(OCC(=O)OC(C)(C)C)c1)C(=O)Cc1coc2ccccc12.CN1CCCC1. The zero-order chi connectivity index (χ0) is 26.1. The molecule has 1 aliphatic rings. The van der Waals surface area contributed by atoms with E-state index in [1.807, 2.05) is 63.2 Å². The summed E-state index contributed by atoms with van der Waals surface area (Å²) in [5.74, 6) is 0.120. The molecule has 7 nitrogen and oxygen atoms in total. The predicted molar refractivity (Wildman–Crippen MR) is 141 cm³/mol. The molecule has 0 spiro atoms. The third kappa shape index (κ3) is 8.72. The summed E-state index contributed by atoms with van der Waals surface area (Å²) >= 11 is 0. The highest BCUT2D eigenvalue weighted by Gasteiger charge is 2.17. The second kappa shape index (κ2) is 12.6. The molecule has 0 unspecified atom stereocenters. The van der Waals surface area contributed by atoms with Gasteiger partial charge in [0, 0.05) is 24.5 Å². The van der Waals surface area contributed by atoms with Gasteiger partial charge in [0.05, 0.1) is 12.7 Å². The molecule has 1 aromatic heterocycles. The molecule has 4 rings (SSSR count). The van der Waals surface area contributed by atoms with Gasteiger partial charge in [-0.3, -0.25) is 4.79 Å². The van der Waals surface area contributed by atoms with Crippen molar-refractivity contribution in [3.63, 3.8) is 0 Å². The van der Waals surface area contributed by atoms with Crippen LogP contribution in [0.4, 0.5) is 0 Å². The fourth-order valence-electron chi connectivity index (χ4n) is 3.95. The van der Waals surface area contributed by atoms with Crippen molar-refractivity contribution in [2.45, 2.75) is 52.2 Å². The molecule has 1 saturated heterocycles. The van der Waals surface area contributed by atoms with Crippen LogP contribution in [0.15, 0.2) is 59.2 Å². The zero-order valence-electron chi connectivity index (χ0n) is 22.1. The number of para-hydroxylation sites is 1. The largest absolute Gasteiger partial charge is 0.482 e. The summed E-state index contributed by atoms with van der Waals surface area (Å²) in [4.78, 5) is 28.5. The average Bonchev–Trinajstić information content (AvgIpc) is 3.46. The van der Waals surface area contributed by atoms with Crippen molar-refractivity contribution < 1.29 is 23.5 Å². The molecule has 1 fully saturated rings. The van der Waals surface area contributed by atoms with Crippen LogP contribution in [-0.2, 0) is 27.3 Å². The Bertz CT molecular complexity index is 1140. The highest BCUT2D eigenvalue weighted by atomic mass is 16.6. The predicted octanol–water partition coefficient (Wildman–Crippen LogP) is 5.07. The van der Waals surface area contributed by atoms with Gasteiger partial charge < -0.3 is 23.7 Å². The van der Waals surface area contributed by atoms with E-state index < -0.39 is 11.6 Å². The highest BCUT2D eigenvalue weighted by Crippen LogP contribution is 2.22. The van der Waals surface area contributed by atoms with Crippen LogP contribution in [0.3, 0.4) is 0 Å². The molecule has 0 saturated carbocycles. The molecule has 0 aliphatic carbocycles. The minimum atomic E-state index is -0.550. The molecule has 1 amide bonds. The summed E-state index contributed by atoms with van der Waals surface area (Å²) in [5.41, 5.74) is 2.00. The van der Waals surface area contributed by atoms with E-state index in [4.69, 9.17) is 13.9 Å². The number of hydrogen-bond donors (Lipinski definition) is 0. The Balaban J connectivity index is 0.000000526.